The maximum Gasteiger partial charge on any atom is -0.112 e. The maximum absolute atomic E-state index is 8.49. The molecule has 0 aliphatic carbocycles. The summed E-state index contributed by atoms with van der Waals surface area (Å²) in [5.74, 6) is 0. The van der Waals surface area contributed by atoms with Gasteiger partial charge in [0.1, 0.15) is 0 Å². The second-order valence-electron chi connectivity index (χ2n) is 6.75. The molecule has 7 heteroatoms. The summed E-state index contributed by atoms with van der Waals surface area (Å²) in [6.07, 6.45) is 0. The predicted octanol–water partition coefficient (Wildman–Crippen LogP) is -1.78. The van der Waals surface area contributed by atoms with Crippen molar-refractivity contribution in [2.45, 2.75) is 36.3 Å². The van der Waals surface area contributed by atoms with Gasteiger partial charge >= 0.3 is 131 Å². The molecule has 1 saturated heterocycles. The maximum atomic E-state index is 8.49. The third-order valence-electron chi connectivity index (χ3n) is 5.04. The second-order valence-corrected chi connectivity index (χ2v) is 15.3. The van der Waals surface area contributed by atoms with E-state index < -0.39 is 23.8 Å². The van der Waals surface area contributed by atoms with Crippen LogP contribution in [-0.4, -0.2) is 37.6 Å². The minimum absolute atomic E-state index is 0.668. The fraction of sp³-hybridized carbons (Fsp3) is 0.368. The summed E-state index contributed by atoms with van der Waals surface area (Å²) in [4.78, 5) is 2.56. The van der Waals surface area contributed by atoms with E-state index in [0.717, 1.165) is 0 Å². The van der Waals surface area contributed by atoms with Gasteiger partial charge in [0.15, 0.2) is 0 Å². The quantitative estimate of drug-likeness (QED) is 0.513. The molecule has 1 fully saturated rings. The van der Waals surface area contributed by atoms with Crippen LogP contribution in [0.4, 0.5) is 0 Å². The van der Waals surface area contributed by atoms with E-state index in [1.54, 1.807) is 8.70 Å². The van der Waals surface area contributed by atoms with Crippen LogP contribution in [0.3, 0.4) is 0 Å². The van der Waals surface area contributed by atoms with Gasteiger partial charge in [0.25, 0.3) is 0 Å². The Morgan fingerprint density at radius 1 is 0.769 bits per heavy atom. The summed E-state index contributed by atoms with van der Waals surface area (Å²) in [7, 11) is -2.66. The van der Waals surface area contributed by atoms with Crippen LogP contribution in [-0.2, 0) is 0 Å². The number of halogens is 1. The van der Waals surface area contributed by atoms with Crippen molar-refractivity contribution in [3.8, 4) is 0 Å². The fourth-order valence-corrected chi connectivity index (χ4v) is 14.4. The van der Waals surface area contributed by atoms with Crippen molar-refractivity contribution in [3.05, 3.63) is 60.7 Å². The van der Waals surface area contributed by atoms with Gasteiger partial charge in [-0.25, -0.2) is 18.6 Å². The normalized spacial score (nSPS) is 23.0. The number of hydrogen-bond acceptors (Lipinski definition) is 5. The molecule has 2 unspecified atom stereocenters. The standard InChI is InChI=1S/C19H25AsN.ClHO4/c1-16-14-20(15-17(2)21(16)3,18-10-6-4-7-11-18)19-12-8-5-9-13-19;2-1(3,4)5/h4-13,16-17H,14-15H2,1-3H3;(H,2,3,4,5)/q+1;/p-1. The van der Waals surface area contributed by atoms with Gasteiger partial charge in [-0.2, -0.15) is 0 Å². The minimum atomic E-state index is -4.94. The molecular weight excluding hydrogens is 417 g/mol. The van der Waals surface area contributed by atoms with Crippen LogP contribution in [0.15, 0.2) is 60.7 Å². The Labute approximate surface area is 160 Å². The van der Waals surface area contributed by atoms with Gasteiger partial charge in [-0.05, 0) is 0 Å². The Morgan fingerprint density at radius 2 is 1.08 bits per heavy atom. The molecule has 0 radical (unpaired) electrons. The summed E-state index contributed by atoms with van der Waals surface area (Å²) < 4.78 is 37.2. The molecule has 0 aromatic heterocycles. The number of benzene rings is 2. The largest absolute Gasteiger partial charge is 0.222 e. The van der Waals surface area contributed by atoms with Crippen molar-refractivity contribution in [3.63, 3.8) is 0 Å². The zero-order valence-electron chi connectivity index (χ0n) is 15.2. The topological polar surface area (TPSA) is 95.5 Å². The van der Waals surface area contributed by atoms with E-state index in [4.69, 9.17) is 18.6 Å². The van der Waals surface area contributed by atoms with E-state index in [-0.39, 0.29) is 0 Å². The molecule has 3 rings (SSSR count). The van der Waals surface area contributed by atoms with Gasteiger partial charge in [0.05, 0.1) is 0 Å². The molecule has 0 saturated carbocycles. The van der Waals surface area contributed by atoms with E-state index in [1.165, 1.54) is 10.4 Å². The van der Waals surface area contributed by atoms with Crippen molar-refractivity contribution >= 4 is 22.3 Å². The summed E-state index contributed by atoms with van der Waals surface area (Å²) in [6, 6.07) is 24.0. The molecule has 0 N–H and O–H groups in total. The van der Waals surface area contributed by atoms with Crippen LogP contribution >= 0.6 is 0 Å². The van der Waals surface area contributed by atoms with Gasteiger partial charge in [-0.3, -0.25) is 0 Å². The third-order valence-corrected chi connectivity index (χ3v) is 15.3. The van der Waals surface area contributed by atoms with E-state index in [2.05, 4.69) is 86.5 Å². The molecular formula is C19H25AsClNO4. The Balaban J connectivity index is 0.000000431. The smallest absolute Gasteiger partial charge is 0.112 e. The van der Waals surface area contributed by atoms with Crippen LogP contribution in [0.5, 0.6) is 0 Å². The van der Waals surface area contributed by atoms with E-state index >= 15 is 0 Å². The Bertz CT molecular complexity index is 621. The van der Waals surface area contributed by atoms with Crippen LogP contribution in [0.1, 0.15) is 13.8 Å². The van der Waals surface area contributed by atoms with Gasteiger partial charge in [0, 0.05) is 0 Å². The van der Waals surface area contributed by atoms with Crippen molar-refractivity contribution in [1.82, 2.24) is 4.90 Å². The monoisotopic (exact) mass is 441 g/mol. The average Bonchev–Trinajstić information content (AvgIpc) is 2.59. The Morgan fingerprint density at radius 3 is 1.38 bits per heavy atom. The molecule has 2 aromatic carbocycles. The molecule has 0 bridgehead atoms. The number of nitrogens with zero attached hydrogens (tertiary/aromatic N) is 1. The molecule has 0 amide bonds. The molecule has 1 heterocycles. The molecule has 26 heavy (non-hydrogen) atoms. The predicted molar refractivity (Wildman–Crippen MR) is 94.2 cm³/mol. The Hall–Kier alpha value is -0.912. The summed E-state index contributed by atoms with van der Waals surface area (Å²) in [5, 5.41) is 2.71. The van der Waals surface area contributed by atoms with Gasteiger partial charge in [0.2, 0.25) is 0 Å². The van der Waals surface area contributed by atoms with Crippen LogP contribution < -0.4 is 27.3 Å². The molecule has 2 aromatic rings. The van der Waals surface area contributed by atoms with Gasteiger partial charge in [-0.1, -0.05) is 0 Å². The minimum Gasteiger partial charge on any atom is -0.222 e. The van der Waals surface area contributed by atoms with Crippen LogP contribution in [0, 0.1) is 10.2 Å². The first-order chi connectivity index (χ1) is 12.1. The fourth-order valence-electron chi connectivity index (χ4n) is 3.67. The van der Waals surface area contributed by atoms with E-state index in [0.29, 0.717) is 12.1 Å². The van der Waals surface area contributed by atoms with Crippen LogP contribution in [0.25, 0.3) is 0 Å². The first-order valence-corrected chi connectivity index (χ1v) is 14.2. The van der Waals surface area contributed by atoms with Gasteiger partial charge in [-0.15, -0.1) is 10.2 Å². The zero-order valence-corrected chi connectivity index (χ0v) is 17.9. The number of hydrogen-bond donors (Lipinski definition) is 0. The second kappa shape index (κ2) is 8.85. The third kappa shape index (κ3) is 5.54. The molecule has 5 nitrogen and oxygen atoms in total. The molecule has 2 atom stereocenters. The van der Waals surface area contributed by atoms with Gasteiger partial charge < -0.3 is 0 Å². The number of rotatable bonds is 2. The first kappa shape index (κ1) is 21.4. The van der Waals surface area contributed by atoms with Crippen molar-refractivity contribution < 1.29 is 28.9 Å². The first-order valence-electron chi connectivity index (χ1n) is 8.45. The van der Waals surface area contributed by atoms with E-state index in [9.17, 15) is 0 Å². The molecule has 142 valence electrons. The van der Waals surface area contributed by atoms with Crippen LogP contribution in [0.2, 0.25) is 10.4 Å². The molecule has 1 aliphatic rings. The zero-order chi connectivity index (χ0) is 19.4. The average molecular weight is 442 g/mol. The Kier molecular flexibility index (Phi) is 7.28. The molecule has 0 spiro atoms. The van der Waals surface area contributed by atoms with E-state index in [1.807, 2.05) is 0 Å². The van der Waals surface area contributed by atoms with Crippen molar-refractivity contribution in [1.29, 1.82) is 0 Å². The SMILES string of the molecule is CC1C[As+](c2ccccc2)(c2ccccc2)CC(C)N1C.[O-][Cl+3]([O-])([O-])[O-]. The molecule has 1 aliphatic heterocycles. The summed E-state index contributed by atoms with van der Waals surface area (Å²) >= 11 is -2.07. The summed E-state index contributed by atoms with van der Waals surface area (Å²) in [6.45, 7) is 4.80. The van der Waals surface area contributed by atoms with Crippen molar-refractivity contribution in [2.75, 3.05) is 7.05 Å². The summed E-state index contributed by atoms with van der Waals surface area (Å²) in [5.41, 5.74) is 0. The van der Waals surface area contributed by atoms with Crippen molar-refractivity contribution in [2.24, 2.45) is 0 Å².